The van der Waals surface area contributed by atoms with Crippen LogP contribution in [0.1, 0.15) is 45.6 Å². The third kappa shape index (κ3) is 5.28. The summed E-state index contributed by atoms with van der Waals surface area (Å²) in [7, 11) is 1.72. The van der Waals surface area contributed by atoms with Crippen LogP contribution in [0.5, 0.6) is 5.75 Å². The molecule has 0 spiro atoms. The normalized spacial score (nSPS) is 15.9. The number of hydrogen-bond acceptors (Lipinski definition) is 3. The third-order valence-electron chi connectivity index (χ3n) is 5.13. The van der Waals surface area contributed by atoms with Gasteiger partial charge in [0, 0.05) is 18.7 Å². The fraction of sp³-hybridized carbons (Fsp3) is 0.458. The Kier molecular flexibility index (Phi) is 6.28. The average Bonchev–Trinajstić information content (AvgIpc) is 2.66. The lowest BCUT2D eigenvalue weighted by Crippen LogP contribution is -2.41. The molecule has 4 heteroatoms. The van der Waals surface area contributed by atoms with Gasteiger partial charge < -0.3 is 14.4 Å². The van der Waals surface area contributed by atoms with Gasteiger partial charge in [-0.3, -0.25) is 0 Å². The van der Waals surface area contributed by atoms with E-state index in [1.54, 1.807) is 7.11 Å². The van der Waals surface area contributed by atoms with E-state index in [-0.39, 0.29) is 6.09 Å². The molecule has 1 amide bonds. The Labute approximate surface area is 168 Å². The summed E-state index contributed by atoms with van der Waals surface area (Å²) in [4.78, 5) is 14.0. The van der Waals surface area contributed by atoms with Gasteiger partial charge in [-0.2, -0.15) is 0 Å². The van der Waals surface area contributed by atoms with Gasteiger partial charge in [0.2, 0.25) is 0 Å². The first kappa shape index (κ1) is 20.2. The van der Waals surface area contributed by atoms with E-state index < -0.39 is 5.60 Å². The predicted molar refractivity (Wildman–Crippen MR) is 115 cm³/mol. The number of hydrogen-bond donors (Lipinski definition) is 0. The largest absolute Gasteiger partial charge is 0.496 e. The number of allylic oxidation sites excluding steroid dienone is 1. The van der Waals surface area contributed by atoms with Crippen molar-refractivity contribution in [1.29, 1.82) is 0 Å². The highest BCUT2D eigenvalue weighted by molar-refractivity contribution is 5.87. The number of carbonyl (C=O) groups is 1. The van der Waals surface area contributed by atoms with Crippen molar-refractivity contribution < 1.29 is 14.3 Å². The van der Waals surface area contributed by atoms with Gasteiger partial charge in [0.25, 0.3) is 0 Å². The van der Waals surface area contributed by atoms with E-state index in [9.17, 15) is 4.79 Å². The molecule has 1 heterocycles. The molecule has 0 unspecified atom stereocenters. The zero-order valence-corrected chi connectivity index (χ0v) is 17.4. The molecular weight excluding hydrogens is 350 g/mol. The number of amides is 1. The first-order valence-corrected chi connectivity index (χ1v) is 10.1. The maximum Gasteiger partial charge on any atom is 0.410 e. The van der Waals surface area contributed by atoms with Crippen molar-refractivity contribution in [3.05, 3.63) is 48.0 Å². The molecule has 0 N–H and O–H groups in total. The number of rotatable bonds is 4. The topological polar surface area (TPSA) is 38.8 Å². The van der Waals surface area contributed by atoms with Gasteiger partial charge in [0.15, 0.2) is 0 Å². The monoisotopic (exact) mass is 381 g/mol. The van der Waals surface area contributed by atoms with Crippen LogP contribution in [0.3, 0.4) is 0 Å². The molecule has 0 radical (unpaired) electrons. The minimum Gasteiger partial charge on any atom is -0.496 e. The lowest BCUT2D eigenvalue weighted by atomic mass is 9.93. The Balaban J connectivity index is 1.56. The molecule has 150 valence electrons. The highest BCUT2D eigenvalue weighted by Gasteiger charge is 2.26. The highest BCUT2D eigenvalue weighted by atomic mass is 16.6. The van der Waals surface area contributed by atoms with Gasteiger partial charge in [-0.15, -0.1) is 0 Å². The summed E-state index contributed by atoms with van der Waals surface area (Å²) in [6.45, 7) is 7.26. The van der Waals surface area contributed by atoms with E-state index in [2.05, 4.69) is 42.5 Å². The molecule has 3 rings (SSSR count). The van der Waals surface area contributed by atoms with Crippen LogP contribution in [0.2, 0.25) is 0 Å². The van der Waals surface area contributed by atoms with E-state index in [1.807, 2.05) is 31.7 Å². The average molecular weight is 382 g/mol. The Morgan fingerprint density at radius 3 is 2.39 bits per heavy atom. The lowest BCUT2D eigenvalue weighted by Gasteiger charge is -2.33. The zero-order chi connectivity index (χ0) is 20.1. The fourth-order valence-corrected chi connectivity index (χ4v) is 3.61. The Bertz CT molecular complexity index is 843. The summed E-state index contributed by atoms with van der Waals surface area (Å²) < 4.78 is 11.0. The third-order valence-corrected chi connectivity index (χ3v) is 5.13. The van der Waals surface area contributed by atoms with Crippen molar-refractivity contribution in [2.75, 3.05) is 20.2 Å². The SMILES string of the molecule is COc1cc2ccccc2cc1/C=C/CC1CCN(C(=O)OC(C)(C)C)CC1. The number of fused-ring (bicyclic) bond motifs is 1. The molecule has 2 aromatic carbocycles. The Morgan fingerprint density at radius 1 is 1.14 bits per heavy atom. The smallest absolute Gasteiger partial charge is 0.410 e. The van der Waals surface area contributed by atoms with Crippen molar-refractivity contribution in [2.24, 2.45) is 5.92 Å². The van der Waals surface area contributed by atoms with Crippen molar-refractivity contribution in [2.45, 2.75) is 45.6 Å². The molecule has 1 aliphatic rings. The van der Waals surface area contributed by atoms with Gasteiger partial charge in [-0.05, 0) is 68.9 Å². The molecule has 0 aromatic heterocycles. The van der Waals surface area contributed by atoms with E-state index in [4.69, 9.17) is 9.47 Å². The molecule has 0 saturated carbocycles. The van der Waals surface area contributed by atoms with E-state index in [0.717, 1.165) is 43.7 Å². The predicted octanol–water partition coefficient (Wildman–Crippen LogP) is 5.90. The highest BCUT2D eigenvalue weighted by Crippen LogP contribution is 2.28. The van der Waals surface area contributed by atoms with Gasteiger partial charge in [-0.1, -0.05) is 36.4 Å². The van der Waals surface area contributed by atoms with Gasteiger partial charge >= 0.3 is 6.09 Å². The second-order valence-corrected chi connectivity index (χ2v) is 8.49. The fourth-order valence-electron chi connectivity index (χ4n) is 3.61. The van der Waals surface area contributed by atoms with Gasteiger partial charge in [-0.25, -0.2) is 4.79 Å². The standard InChI is InChI=1S/C24H31NO3/c1-24(2,3)28-23(26)25-14-12-18(13-15-25)8-7-11-21-16-19-9-5-6-10-20(19)17-22(21)27-4/h5-7,9-11,16-18H,8,12-15H2,1-4H3/b11-7+. The van der Waals surface area contributed by atoms with E-state index in [0.29, 0.717) is 5.92 Å². The minimum atomic E-state index is -0.435. The van der Waals surface area contributed by atoms with Crippen LogP contribution in [0.15, 0.2) is 42.5 Å². The summed E-state index contributed by atoms with van der Waals surface area (Å²) in [5.41, 5.74) is 0.669. The molecule has 2 aromatic rings. The van der Waals surface area contributed by atoms with Gasteiger partial charge in [0.1, 0.15) is 11.4 Å². The summed E-state index contributed by atoms with van der Waals surface area (Å²) in [6, 6.07) is 12.6. The quantitative estimate of drug-likeness (QED) is 0.662. The van der Waals surface area contributed by atoms with Crippen LogP contribution >= 0.6 is 0 Å². The van der Waals surface area contributed by atoms with Crippen LogP contribution in [0.4, 0.5) is 4.79 Å². The number of benzene rings is 2. The number of likely N-dealkylation sites (tertiary alicyclic amines) is 1. The number of methoxy groups -OCH3 is 1. The van der Waals surface area contributed by atoms with Crippen LogP contribution in [-0.2, 0) is 4.74 Å². The molecule has 28 heavy (non-hydrogen) atoms. The van der Waals surface area contributed by atoms with E-state index >= 15 is 0 Å². The minimum absolute atomic E-state index is 0.192. The zero-order valence-electron chi connectivity index (χ0n) is 17.4. The molecular formula is C24H31NO3. The van der Waals surface area contributed by atoms with Crippen molar-refractivity contribution in [1.82, 2.24) is 4.90 Å². The van der Waals surface area contributed by atoms with Crippen LogP contribution in [-0.4, -0.2) is 36.8 Å². The van der Waals surface area contributed by atoms with Crippen LogP contribution in [0.25, 0.3) is 16.8 Å². The molecule has 0 aliphatic carbocycles. The number of ether oxygens (including phenoxy) is 2. The second kappa shape index (κ2) is 8.68. The molecule has 0 atom stereocenters. The summed E-state index contributed by atoms with van der Waals surface area (Å²) in [5, 5.41) is 2.40. The first-order chi connectivity index (χ1) is 13.4. The maximum absolute atomic E-state index is 12.2. The van der Waals surface area contributed by atoms with Gasteiger partial charge in [0.05, 0.1) is 7.11 Å². The van der Waals surface area contributed by atoms with Crippen molar-refractivity contribution in [3.63, 3.8) is 0 Å². The Morgan fingerprint density at radius 2 is 1.79 bits per heavy atom. The lowest BCUT2D eigenvalue weighted by molar-refractivity contribution is 0.0185. The second-order valence-electron chi connectivity index (χ2n) is 8.49. The molecule has 1 saturated heterocycles. The Hall–Kier alpha value is -2.49. The molecule has 1 aliphatic heterocycles. The van der Waals surface area contributed by atoms with Crippen molar-refractivity contribution >= 4 is 22.9 Å². The first-order valence-electron chi connectivity index (χ1n) is 10.1. The molecule has 0 bridgehead atoms. The molecule has 1 fully saturated rings. The summed E-state index contributed by atoms with van der Waals surface area (Å²) >= 11 is 0. The van der Waals surface area contributed by atoms with E-state index in [1.165, 1.54) is 10.8 Å². The number of nitrogens with zero attached hydrogens (tertiary/aromatic N) is 1. The maximum atomic E-state index is 12.2. The van der Waals surface area contributed by atoms with Crippen LogP contribution in [0, 0.1) is 5.92 Å². The van der Waals surface area contributed by atoms with Crippen molar-refractivity contribution in [3.8, 4) is 5.75 Å². The summed E-state index contributed by atoms with van der Waals surface area (Å²) in [6.07, 6.45) is 7.24. The number of piperidine rings is 1. The number of carbonyl (C=O) groups excluding carboxylic acids is 1. The molecule has 4 nitrogen and oxygen atoms in total. The van der Waals surface area contributed by atoms with Crippen LogP contribution < -0.4 is 4.74 Å². The summed E-state index contributed by atoms with van der Waals surface area (Å²) in [5.74, 6) is 1.50.